The second-order valence-corrected chi connectivity index (χ2v) is 11.4. The Morgan fingerprint density at radius 2 is 0.811 bits per heavy atom. The monoisotopic (exact) mass is 524 g/mol. The van der Waals surface area contributed by atoms with E-state index in [0.717, 1.165) is 70.6 Å². The van der Waals surface area contributed by atoms with Crippen LogP contribution in [0.25, 0.3) is 0 Å². The Bertz CT molecular complexity index is 491. The van der Waals surface area contributed by atoms with Crippen LogP contribution in [0.15, 0.2) is 0 Å². The number of carbonyl (C=O) groups excluding carboxylic acids is 1. The zero-order valence-corrected chi connectivity index (χ0v) is 25.0. The van der Waals surface area contributed by atoms with Crippen molar-refractivity contribution >= 4 is 11.9 Å². The minimum absolute atomic E-state index is 0.00954. The van der Waals surface area contributed by atoms with Crippen molar-refractivity contribution in [1.82, 2.24) is 0 Å². The predicted octanol–water partition coefficient (Wildman–Crippen LogP) is 10.9. The molecule has 0 aromatic rings. The molecule has 0 aliphatic heterocycles. The molecule has 37 heavy (non-hydrogen) atoms. The zero-order chi connectivity index (χ0) is 27.2. The van der Waals surface area contributed by atoms with Gasteiger partial charge in [-0.15, -0.1) is 0 Å². The van der Waals surface area contributed by atoms with Crippen molar-refractivity contribution in [3.8, 4) is 0 Å². The molecule has 220 valence electrons. The summed E-state index contributed by atoms with van der Waals surface area (Å²) >= 11 is 0. The molecule has 4 nitrogen and oxygen atoms in total. The third-order valence-electron chi connectivity index (χ3n) is 7.58. The molecule has 0 rings (SSSR count). The number of esters is 1. The van der Waals surface area contributed by atoms with Crippen LogP contribution in [0.5, 0.6) is 0 Å². The maximum absolute atomic E-state index is 12.5. The standard InChI is InChI=1S/C33H64O4/c1-3-5-7-9-10-11-12-13-14-15-16-22-26-30-33(36)37-31(27-23-19-8-6-4-2)28-24-20-17-18-21-25-29-32(34)35/h31H,3-30H2,1-2H3,(H,34,35). The maximum Gasteiger partial charge on any atom is 0.306 e. The van der Waals surface area contributed by atoms with Crippen molar-refractivity contribution in [2.24, 2.45) is 0 Å². The highest BCUT2D eigenvalue weighted by Crippen LogP contribution is 2.18. The summed E-state index contributed by atoms with van der Waals surface area (Å²) < 4.78 is 5.93. The van der Waals surface area contributed by atoms with Gasteiger partial charge in [0.25, 0.3) is 0 Å². The van der Waals surface area contributed by atoms with Crippen LogP contribution >= 0.6 is 0 Å². The summed E-state index contributed by atoms with van der Waals surface area (Å²) in [6.07, 6.45) is 32.6. The van der Waals surface area contributed by atoms with Crippen molar-refractivity contribution in [2.75, 3.05) is 0 Å². The number of hydrogen-bond acceptors (Lipinski definition) is 3. The second-order valence-electron chi connectivity index (χ2n) is 11.4. The SMILES string of the molecule is CCCCCCCCCCCCCCCC(=O)OC(CCCCCCC)CCCCCCCCC(=O)O. The van der Waals surface area contributed by atoms with E-state index in [2.05, 4.69) is 13.8 Å². The van der Waals surface area contributed by atoms with Crippen molar-refractivity contribution in [1.29, 1.82) is 0 Å². The molecule has 0 saturated carbocycles. The lowest BCUT2D eigenvalue weighted by atomic mass is 10.0. The van der Waals surface area contributed by atoms with Crippen molar-refractivity contribution < 1.29 is 19.4 Å². The van der Waals surface area contributed by atoms with Crippen LogP contribution in [-0.4, -0.2) is 23.1 Å². The second kappa shape index (κ2) is 29.5. The lowest BCUT2D eigenvalue weighted by molar-refractivity contribution is -0.150. The van der Waals surface area contributed by atoms with Crippen LogP contribution in [0.3, 0.4) is 0 Å². The first kappa shape index (κ1) is 35.9. The summed E-state index contributed by atoms with van der Waals surface area (Å²) in [5.41, 5.74) is 0. The predicted molar refractivity (Wildman–Crippen MR) is 158 cm³/mol. The van der Waals surface area contributed by atoms with Crippen molar-refractivity contribution in [3.05, 3.63) is 0 Å². The first-order valence-corrected chi connectivity index (χ1v) is 16.5. The molecular formula is C33H64O4. The van der Waals surface area contributed by atoms with Crippen LogP contribution < -0.4 is 0 Å². The Morgan fingerprint density at radius 1 is 0.486 bits per heavy atom. The van der Waals surface area contributed by atoms with Gasteiger partial charge < -0.3 is 9.84 Å². The summed E-state index contributed by atoms with van der Waals surface area (Å²) in [5, 5.41) is 8.72. The Labute approximate surface area is 231 Å². The highest BCUT2D eigenvalue weighted by molar-refractivity contribution is 5.69. The van der Waals surface area contributed by atoms with E-state index in [4.69, 9.17) is 9.84 Å². The molecule has 1 unspecified atom stereocenters. The van der Waals surface area contributed by atoms with E-state index in [-0.39, 0.29) is 18.5 Å². The number of carbonyl (C=O) groups is 2. The van der Waals surface area contributed by atoms with Gasteiger partial charge in [-0.1, -0.05) is 142 Å². The molecule has 0 fully saturated rings. The molecule has 1 N–H and O–H groups in total. The van der Waals surface area contributed by atoms with Gasteiger partial charge in [0.1, 0.15) is 6.10 Å². The Morgan fingerprint density at radius 3 is 1.19 bits per heavy atom. The third-order valence-corrected chi connectivity index (χ3v) is 7.58. The largest absolute Gasteiger partial charge is 0.481 e. The molecular weight excluding hydrogens is 460 g/mol. The van der Waals surface area contributed by atoms with Gasteiger partial charge in [-0.2, -0.15) is 0 Å². The fourth-order valence-electron chi connectivity index (χ4n) is 5.13. The lowest BCUT2D eigenvalue weighted by Gasteiger charge is -2.18. The van der Waals surface area contributed by atoms with E-state index in [1.807, 2.05) is 0 Å². The molecule has 0 aromatic carbocycles. The highest BCUT2D eigenvalue weighted by atomic mass is 16.5. The summed E-state index contributed by atoms with van der Waals surface area (Å²) in [4.78, 5) is 23.1. The van der Waals surface area contributed by atoms with E-state index in [0.29, 0.717) is 6.42 Å². The molecule has 0 aliphatic rings. The van der Waals surface area contributed by atoms with Crippen LogP contribution in [0.2, 0.25) is 0 Å². The summed E-state index contributed by atoms with van der Waals surface area (Å²) in [6, 6.07) is 0. The number of unbranched alkanes of at least 4 members (excludes halogenated alkanes) is 21. The normalized spacial score (nSPS) is 12.1. The molecule has 0 heterocycles. The average Bonchev–Trinajstić information content (AvgIpc) is 2.87. The van der Waals surface area contributed by atoms with Gasteiger partial charge in [-0.3, -0.25) is 9.59 Å². The van der Waals surface area contributed by atoms with E-state index in [9.17, 15) is 9.59 Å². The molecule has 0 amide bonds. The summed E-state index contributed by atoms with van der Waals surface area (Å²) in [5.74, 6) is -0.683. The maximum atomic E-state index is 12.5. The van der Waals surface area contributed by atoms with E-state index in [1.54, 1.807) is 0 Å². The minimum atomic E-state index is -0.692. The van der Waals surface area contributed by atoms with Gasteiger partial charge in [-0.25, -0.2) is 0 Å². The van der Waals surface area contributed by atoms with Gasteiger partial charge in [0.05, 0.1) is 0 Å². The zero-order valence-electron chi connectivity index (χ0n) is 25.0. The first-order valence-electron chi connectivity index (χ1n) is 16.5. The van der Waals surface area contributed by atoms with Gasteiger partial charge in [0, 0.05) is 12.8 Å². The van der Waals surface area contributed by atoms with E-state index in [1.165, 1.54) is 96.3 Å². The summed E-state index contributed by atoms with van der Waals surface area (Å²) in [7, 11) is 0. The summed E-state index contributed by atoms with van der Waals surface area (Å²) in [6.45, 7) is 4.51. The number of rotatable bonds is 30. The Hall–Kier alpha value is -1.06. The molecule has 0 spiro atoms. The molecule has 0 aromatic heterocycles. The van der Waals surface area contributed by atoms with Gasteiger partial charge in [-0.05, 0) is 38.5 Å². The quantitative estimate of drug-likeness (QED) is 0.0749. The Balaban J connectivity index is 3.87. The molecule has 0 bridgehead atoms. The number of hydrogen-bond donors (Lipinski definition) is 1. The number of carboxylic acid groups (broad SMARTS) is 1. The fourth-order valence-corrected chi connectivity index (χ4v) is 5.13. The van der Waals surface area contributed by atoms with Crippen LogP contribution in [0, 0.1) is 0 Å². The molecule has 0 saturated heterocycles. The number of ether oxygens (including phenoxy) is 1. The number of carboxylic acids is 1. The minimum Gasteiger partial charge on any atom is -0.481 e. The number of aliphatic carboxylic acids is 1. The van der Waals surface area contributed by atoms with E-state index < -0.39 is 5.97 Å². The van der Waals surface area contributed by atoms with Gasteiger partial charge in [0.15, 0.2) is 0 Å². The lowest BCUT2D eigenvalue weighted by Crippen LogP contribution is -2.18. The molecule has 1 atom stereocenters. The van der Waals surface area contributed by atoms with Crippen LogP contribution in [-0.2, 0) is 14.3 Å². The topological polar surface area (TPSA) is 63.6 Å². The first-order chi connectivity index (χ1) is 18.1. The fraction of sp³-hybridized carbons (Fsp3) is 0.939. The van der Waals surface area contributed by atoms with E-state index >= 15 is 0 Å². The van der Waals surface area contributed by atoms with Crippen molar-refractivity contribution in [3.63, 3.8) is 0 Å². The highest BCUT2D eigenvalue weighted by Gasteiger charge is 2.14. The van der Waals surface area contributed by atoms with Gasteiger partial charge >= 0.3 is 11.9 Å². The molecule has 0 radical (unpaired) electrons. The van der Waals surface area contributed by atoms with Gasteiger partial charge in [0.2, 0.25) is 0 Å². The van der Waals surface area contributed by atoms with Crippen molar-refractivity contribution in [2.45, 2.75) is 200 Å². The van der Waals surface area contributed by atoms with Crippen LogP contribution in [0.4, 0.5) is 0 Å². The smallest absolute Gasteiger partial charge is 0.306 e. The van der Waals surface area contributed by atoms with Crippen LogP contribution in [0.1, 0.15) is 194 Å². The third kappa shape index (κ3) is 29.4. The molecule has 0 aliphatic carbocycles. The average molecular weight is 525 g/mol. The molecule has 4 heteroatoms. The Kier molecular flexibility index (Phi) is 28.7.